The van der Waals surface area contributed by atoms with Crippen LogP contribution in [0.15, 0.2) is 18.2 Å². The molecule has 0 bridgehead atoms. The number of nitrogens with zero attached hydrogens (tertiary/aromatic N) is 1. The molecule has 3 nitrogen and oxygen atoms in total. The van der Waals surface area contributed by atoms with Crippen molar-refractivity contribution >= 4 is 11.6 Å². The summed E-state index contributed by atoms with van der Waals surface area (Å²) in [6.45, 7) is 2.31. The lowest BCUT2D eigenvalue weighted by atomic mass is 10.1. The van der Waals surface area contributed by atoms with E-state index in [0.29, 0.717) is 12.1 Å². The van der Waals surface area contributed by atoms with E-state index in [2.05, 4.69) is 10.4 Å². The lowest BCUT2D eigenvalue weighted by Gasteiger charge is -2.31. The molecule has 5 heteroatoms. The lowest BCUT2D eigenvalue weighted by Crippen LogP contribution is -2.45. The molecule has 0 amide bonds. The number of nitrogens with two attached hydrogens (primary N) is 1. The molecule has 0 radical (unpaired) electrons. The van der Waals surface area contributed by atoms with Crippen LogP contribution in [0.4, 0.5) is 4.39 Å². The van der Waals surface area contributed by atoms with Crippen molar-refractivity contribution in [1.29, 1.82) is 0 Å². The summed E-state index contributed by atoms with van der Waals surface area (Å²) < 4.78 is 13.9. The highest BCUT2D eigenvalue weighted by atomic mass is 35.5. The van der Waals surface area contributed by atoms with Crippen LogP contribution in [0.2, 0.25) is 5.02 Å². The first kappa shape index (κ1) is 13.7. The Morgan fingerprint density at radius 1 is 1.33 bits per heavy atom. The van der Waals surface area contributed by atoms with Crippen molar-refractivity contribution in [2.75, 3.05) is 19.6 Å². The van der Waals surface area contributed by atoms with Crippen molar-refractivity contribution in [2.45, 2.75) is 25.3 Å². The molecule has 1 aliphatic heterocycles. The number of hydrazine groups is 1. The normalized spacial score (nSPS) is 18.8. The van der Waals surface area contributed by atoms with Gasteiger partial charge >= 0.3 is 0 Å². The highest BCUT2D eigenvalue weighted by molar-refractivity contribution is 6.30. The van der Waals surface area contributed by atoms with E-state index in [0.717, 1.165) is 13.1 Å². The van der Waals surface area contributed by atoms with E-state index in [1.165, 1.54) is 19.3 Å². The fourth-order valence-electron chi connectivity index (χ4n) is 2.28. The average Bonchev–Trinajstić information content (AvgIpc) is 2.41. The molecule has 1 saturated heterocycles. The van der Waals surface area contributed by atoms with Gasteiger partial charge in [0.25, 0.3) is 0 Å². The second-order valence-electron chi connectivity index (χ2n) is 4.61. The van der Waals surface area contributed by atoms with E-state index in [1.54, 1.807) is 18.2 Å². The van der Waals surface area contributed by atoms with Crippen LogP contribution >= 0.6 is 11.6 Å². The Hall–Kier alpha value is -0.680. The zero-order valence-corrected chi connectivity index (χ0v) is 11.1. The SMILES string of the molecule is NCC(NN1CCCCC1)c1cccc(Cl)c1F. The third kappa shape index (κ3) is 3.20. The zero-order chi connectivity index (χ0) is 13.0. The first-order chi connectivity index (χ1) is 8.72. The van der Waals surface area contributed by atoms with E-state index in [1.807, 2.05) is 0 Å². The fourth-order valence-corrected chi connectivity index (χ4v) is 2.46. The highest BCUT2D eigenvalue weighted by Gasteiger charge is 2.19. The second-order valence-corrected chi connectivity index (χ2v) is 5.02. The predicted octanol–water partition coefficient (Wildman–Crippen LogP) is 2.47. The van der Waals surface area contributed by atoms with Crippen molar-refractivity contribution in [3.63, 3.8) is 0 Å². The fraction of sp³-hybridized carbons (Fsp3) is 0.538. The summed E-state index contributed by atoms with van der Waals surface area (Å²) in [5.74, 6) is -0.376. The number of nitrogens with one attached hydrogen (secondary N) is 1. The van der Waals surface area contributed by atoms with Gasteiger partial charge in [0.2, 0.25) is 0 Å². The predicted molar refractivity (Wildman–Crippen MR) is 71.8 cm³/mol. The first-order valence-electron chi connectivity index (χ1n) is 6.37. The maximum Gasteiger partial charge on any atom is 0.146 e. The molecule has 0 spiro atoms. The minimum atomic E-state index is -0.376. The van der Waals surface area contributed by atoms with Crippen molar-refractivity contribution in [2.24, 2.45) is 5.73 Å². The molecule has 0 aromatic heterocycles. The Balaban J connectivity index is 2.09. The molecule has 100 valence electrons. The lowest BCUT2D eigenvalue weighted by molar-refractivity contribution is 0.129. The molecule has 1 heterocycles. The Morgan fingerprint density at radius 2 is 2.06 bits per heavy atom. The molecule has 18 heavy (non-hydrogen) atoms. The third-order valence-electron chi connectivity index (χ3n) is 3.29. The van der Waals surface area contributed by atoms with Crippen molar-refractivity contribution in [1.82, 2.24) is 10.4 Å². The van der Waals surface area contributed by atoms with Gasteiger partial charge in [-0.05, 0) is 18.9 Å². The van der Waals surface area contributed by atoms with Crippen LogP contribution in [0.1, 0.15) is 30.9 Å². The Kier molecular flexibility index (Phi) is 4.95. The molecule has 0 saturated carbocycles. The average molecular weight is 272 g/mol. The molecular weight excluding hydrogens is 253 g/mol. The summed E-state index contributed by atoms with van der Waals surface area (Å²) in [6, 6.07) is 4.81. The summed E-state index contributed by atoms with van der Waals surface area (Å²) >= 11 is 5.80. The van der Waals surface area contributed by atoms with Crippen molar-refractivity contribution in [3.05, 3.63) is 34.6 Å². The maximum atomic E-state index is 13.9. The van der Waals surface area contributed by atoms with Gasteiger partial charge in [-0.3, -0.25) is 0 Å². The monoisotopic (exact) mass is 271 g/mol. The number of piperidine rings is 1. The van der Waals surface area contributed by atoms with E-state index in [4.69, 9.17) is 17.3 Å². The van der Waals surface area contributed by atoms with Crippen LogP contribution in [0, 0.1) is 5.82 Å². The topological polar surface area (TPSA) is 41.3 Å². The van der Waals surface area contributed by atoms with Gasteiger partial charge in [-0.25, -0.2) is 14.8 Å². The molecule has 1 aliphatic rings. The molecule has 1 aromatic carbocycles. The van der Waals surface area contributed by atoms with Crippen LogP contribution in [0.25, 0.3) is 0 Å². The quantitative estimate of drug-likeness (QED) is 0.884. The molecular formula is C13H19ClFN3. The Morgan fingerprint density at radius 3 is 2.72 bits per heavy atom. The van der Waals surface area contributed by atoms with Crippen LogP contribution in [0.5, 0.6) is 0 Å². The highest BCUT2D eigenvalue weighted by Crippen LogP contribution is 2.23. The standard InChI is InChI=1S/C13H19ClFN3/c14-11-6-4-5-10(13(11)15)12(9-16)17-18-7-2-1-3-8-18/h4-6,12,17H,1-3,7-9,16H2. The zero-order valence-electron chi connectivity index (χ0n) is 10.3. The third-order valence-corrected chi connectivity index (χ3v) is 3.58. The summed E-state index contributed by atoms with van der Waals surface area (Å²) in [7, 11) is 0. The minimum Gasteiger partial charge on any atom is -0.329 e. The number of hydrogen-bond donors (Lipinski definition) is 2. The molecule has 0 aliphatic carbocycles. The Labute approximate surface area is 112 Å². The maximum absolute atomic E-state index is 13.9. The molecule has 3 N–H and O–H groups in total. The van der Waals surface area contributed by atoms with Gasteiger partial charge in [-0.1, -0.05) is 30.2 Å². The van der Waals surface area contributed by atoms with Crippen molar-refractivity contribution in [3.8, 4) is 0 Å². The molecule has 2 rings (SSSR count). The van der Waals surface area contributed by atoms with Gasteiger partial charge in [-0.2, -0.15) is 0 Å². The largest absolute Gasteiger partial charge is 0.329 e. The summed E-state index contributed by atoms with van der Waals surface area (Å²) in [6.07, 6.45) is 3.60. The van der Waals surface area contributed by atoms with Gasteiger partial charge in [0.05, 0.1) is 11.1 Å². The summed E-state index contributed by atoms with van der Waals surface area (Å²) in [5.41, 5.74) is 9.58. The van der Waals surface area contributed by atoms with Crippen LogP contribution in [0.3, 0.4) is 0 Å². The van der Waals surface area contributed by atoms with Crippen molar-refractivity contribution < 1.29 is 4.39 Å². The van der Waals surface area contributed by atoms with Gasteiger partial charge in [-0.15, -0.1) is 0 Å². The van der Waals surface area contributed by atoms with E-state index in [9.17, 15) is 4.39 Å². The molecule has 1 unspecified atom stereocenters. The molecule has 1 atom stereocenters. The summed E-state index contributed by atoms with van der Waals surface area (Å²) in [4.78, 5) is 0. The number of benzene rings is 1. The van der Waals surface area contributed by atoms with E-state index < -0.39 is 0 Å². The molecule has 1 aromatic rings. The number of halogens is 2. The smallest absolute Gasteiger partial charge is 0.146 e. The van der Waals surface area contributed by atoms with Gasteiger partial charge in [0, 0.05) is 25.2 Å². The molecule has 1 fully saturated rings. The first-order valence-corrected chi connectivity index (χ1v) is 6.75. The van der Waals surface area contributed by atoms with Crippen LogP contribution < -0.4 is 11.2 Å². The van der Waals surface area contributed by atoms with Crippen LogP contribution in [-0.4, -0.2) is 24.6 Å². The second kappa shape index (κ2) is 6.48. The summed E-state index contributed by atoms with van der Waals surface area (Å²) in [5, 5.41) is 2.27. The number of rotatable bonds is 4. The minimum absolute atomic E-state index is 0.145. The Bertz CT molecular complexity index is 394. The number of hydrogen-bond acceptors (Lipinski definition) is 3. The van der Waals surface area contributed by atoms with E-state index >= 15 is 0 Å². The van der Waals surface area contributed by atoms with Gasteiger partial charge < -0.3 is 5.73 Å². The van der Waals surface area contributed by atoms with Gasteiger partial charge in [0.15, 0.2) is 0 Å². The van der Waals surface area contributed by atoms with Crippen LogP contribution in [-0.2, 0) is 0 Å². The van der Waals surface area contributed by atoms with Gasteiger partial charge in [0.1, 0.15) is 5.82 Å². The van der Waals surface area contributed by atoms with E-state index in [-0.39, 0.29) is 16.9 Å².